The first-order chi connectivity index (χ1) is 5.65. The molecule has 1 aromatic carbocycles. The Hall–Kier alpha value is -1.31. The fourth-order valence-electron chi connectivity index (χ4n) is 1.21. The van der Waals surface area contributed by atoms with Crippen molar-refractivity contribution in [2.45, 2.75) is 13.8 Å². The normalized spacial score (nSPS) is 11.8. The van der Waals surface area contributed by atoms with Crippen molar-refractivity contribution in [2.75, 3.05) is 12.8 Å². The zero-order chi connectivity index (χ0) is 9.14. The van der Waals surface area contributed by atoms with E-state index in [-0.39, 0.29) is 0 Å². The Kier molecular flexibility index (Phi) is 2.48. The van der Waals surface area contributed by atoms with Crippen LogP contribution in [0.25, 0.3) is 0 Å². The Morgan fingerprint density at radius 2 is 2.08 bits per heavy atom. The summed E-state index contributed by atoms with van der Waals surface area (Å²) in [5, 5.41) is 0. The molecular weight excluding hydrogens is 148 g/mol. The molecule has 0 aromatic heterocycles. The zero-order valence-corrected chi connectivity index (χ0v) is 7.76. The summed E-state index contributed by atoms with van der Waals surface area (Å²) in [6, 6.07) is 5.87. The van der Waals surface area contributed by atoms with E-state index in [0.29, 0.717) is 0 Å². The van der Waals surface area contributed by atoms with E-state index in [4.69, 9.17) is 5.73 Å². The minimum absolute atomic E-state index is 0.806. The summed E-state index contributed by atoms with van der Waals surface area (Å²) in [6.45, 7) is 4.04. The highest BCUT2D eigenvalue weighted by Gasteiger charge is 2.00. The lowest BCUT2D eigenvalue weighted by Crippen LogP contribution is -1.98. The summed E-state index contributed by atoms with van der Waals surface area (Å²) >= 11 is 0. The van der Waals surface area contributed by atoms with Crippen LogP contribution in [0.1, 0.15) is 18.1 Å². The highest BCUT2D eigenvalue weighted by Crippen LogP contribution is 2.13. The Morgan fingerprint density at radius 1 is 1.42 bits per heavy atom. The van der Waals surface area contributed by atoms with Crippen molar-refractivity contribution in [1.29, 1.82) is 0 Å². The number of anilines is 1. The molecule has 64 valence electrons. The molecule has 2 N–H and O–H groups in total. The summed E-state index contributed by atoms with van der Waals surface area (Å²) in [4.78, 5) is 4.13. The van der Waals surface area contributed by atoms with Gasteiger partial charge in [0.1, 0.15) is 0 Å². The summed E-state index contributed by atoms with van der Waals surface area (Å²) in [6.07, 6.45) is 0. The molecule has 0 saturated heterocycles. The molecule has 0 aliphatic carbocycles. The maximum atomic E-state index is 5.63. The van der Waals surface area contributed by atoms with E-state index in [1.165, 1.54) is 11.1 Å². The van der Waals surface area contributed by atoms with Crippen molar-refractivity contribution < 1.29 is 0 Å². The van der Waals surface area contributed by atoms with E-state index in [0.717, 1.165) is 11.4 Å². The number of benzene rings is 1. The molecule has 0 fully saturated rings. The monoisotopic (exact) mass is 162 g/mol. The van der Waals surface area contributed by atoms with Gasteiger partial charge in [-0.1, -0.05) is 6.07 Å². The van der Waals surface area contributed by atoms with Gasteiger partial charge in [0, 0.05) is 18.4 Å². The third kappa shape index (κ3) is 1.64. The van der Waals surface area contributed by atoms with E-state index in [2.05, 4.69) is 4.99 Å². The Bertz CT molecular complexity index is 314. The number of aliphatic imine (C=N–C) groups is 1. The number of aryl methyl sites for hydroxylation is 1. The average Bonchev–Trinajstić information content (AvgIpc) is 2.03. The molecule has 2 nitrogen and oxygen atoms in total. The Morgan fingerprint density at radius 3 is 2.58 bits per heavy atom. The van der Waals surface area contributed by atoms with Crippen LogP contribution in [0.15, 0.2) is 23.2 Å². The van der Waals surface area contributed by atoms with Gasteiger partial charge in [-0.2, -0.15) is 0 Å². The van der Waals surface area contributed by atoms with Gasteiger partial charge in [0.05, 0.1) is 0 Å². The van der Waals surface area contributed by atoms with Gasteiger partial charge >= 0.3 is 0 Å². The van der Waals surface area contributed by atoms with Gasteiger partial charge < -0.3 is 5.73 Å². The first-order valence-electron chi connectivity index (χ1n) is 3.95. The number of nitrogen functional groups attached to an aromatic ring is 1. The second kappa shape index (κ2) is 3.39. The molecule has 0 amide bonds. The maximum Gasteiger partial charge on any atom is 0.0388 e. The van der Waals surface area contributed by atoms with Crippen molar-refractivity contribution in [3.63, 3.8) is 0 Å². The molecule has 0 aliphatic heterocycles. The number of rotatable bonds is 1. The minimum atomic E-state index is 0.806. The number of hydrogen-bond donors (Lipinski definition) is 1. The predicted molar refractivity (Wildman–Crippen MR) is 53.7 cm³/mol. The Labute approximate surface area is 73.1 Å². The number of hydrogen-bond acceptors (Lipinski definition) is 2. The number of nitrogens with two attached hydrogens (primary N) is 1. The van der Waals surface area contributed by atoms with Crippen LogP contribution in [0, 0.1) is 6.92 Å². The Balaban J connectivity index is 3.18. The summed E-state index contributed by atoms with van der Waals surface area (Å²) < 4.78 is 0. The first-order valence-corrected chi connectivity index (χ1v) is 3.95. The van der Waals surface area contributed by atoms with Crippen LogP contribution >= 0.6 is 0 Å². The van der Waals surface area contributed by atoms with Crippen LogP contribution in [0.5, 0.6) is 0 Å². The van der Waals surface area contributed by atoms with Gasteiger partial charge in [-0.3, -0.25) is 4.99 Å². The van der Waals surface area contributed by atoms with Crippen LogP contribution in [0.4, 0.5) is 5.69 Å². The van der Waals surface area contributed by atoms with Gasteiger partial charge in [-0.15, -0.1) is 0 Å². The van der Waals surface area contributed by atoms with Crippen LogP contribution in [0.2, 0.25) is 0 Å². The zero-order valence-electron chi connectivity index (χ0n) is 7.76. The molecule has 0 saturated carbocycles. The lowest BCUT2D eigenvalue weighted by atomic mass is 10.0. The molecule has 0 bridgehead atoms. The largest absolute Gasteiger partial charge is 0.399 e. The fourth-order valence-corrected chi connectivity index (χ4v) is 1.21. The molecule has 0 radical (unpaired) electrons. The number of nitrogens with zero attached hydrogens (tertiary/aromatic N) is 1. The van der Waals surface area contributed by atoms with Crippen molar-refractivity contribution in [3.05, 3.63) is 29.3 Å². The van der Waals surface area contributed by atoms with Crippen LogP contribution < -0.4 is 5.73 Å². The van der Waals surface area contributed by atoms with Gasteiger partial charge in [0.25, 0.3) is 0 Å². The third-order valence-corrected chi connectivity index (χ3v) is 1.98. The molecule has 1 aromatic rings. The van der Waals surface area contributed by atoms with Crippen molar-refractivity contribution in [3.8, 4) is 0 Å². The van der Waals surface area contributed by atoms with Crippen LogP contribution in [-0.4, -0.2) is 12.8 Å². The highest BCUT2D eigenvalue weighted by molar-refractivity contribution is 6.00. The lowest BCUT2D eigenvalue weighted by Gasteiger charge is -2.04. The molecule has 0 atom stereocenters. The standard InChI is InChI=1S/C10H14N2/c1-7-6-9(11)4-5-10(7)8(2)12-3/h4-6H,11H2,1-3H3. The average molecular weight is 162 g/mol. The fraction of sp³-hybridized carbons (Fsp3) is 0.300. The molecule has 0 spiro atoms. The van der Waals surface area contributed by atoms with Crippen LogP contribution in [0.3, 0.4) is 0 Å². The first kappa shape index (κ1) is 8.78. The van der Waals surface area contributed by atoms with E-state index < -0.39 is 0 Å². The van der Waals surface area contributed by atoms with E-state index in [1.807, 2.05) is 32.0 Å². The van der Waals surface area contributed by atoms with E-state index >= 15 is 0 Å². The summed E-state index contributed by atoms with van der Waals surface area (Å²) in [5.74, 6) is 0. The lowest BCUT2D eigenvalue weighted by molar-refractivity contribution is 1.37. The van der Waals surface area contributed by atoms with Gasteiger partial charge in [-0.05, 0) is 37.1 Å². The predicted octanol–water partition coefficient (Wildman–Crippen LogP) is 2.02. The van der Waals surface area contributed by atoms with Crippen molar-refractivity contribution in [2.24, 2.45) is 4.99 Å². The molecule has 2 heteroatoms. The molecular formula is C10H14N2. The molecule has 1 rings (SSSR count). The van der Waals surface area contributed by atoms with Crippen molar-refractivity contribution in [1.82, 2.24) is 0 Å². The quantitative estimate of drug-likeness (QED) is 0.498. The smallest absolute Gasteiger partial charge is 0.0388 e. The molecule has 0 unspecified atom stereocenters. The maximum absolute atomic E-state index is 5.63. The third-order valence-electron chi connectivity index (χ3n) is 1.98. The van der Waals surface area contributed by atoms with E-state index in [1.54, 1.807) is 7.05 Å². The molecule has 0 heterocycles. The summed E-state index contributed by atoms with van der Waals surface area (Å²) in [5.41, 5.74) is 9.84. The molecule has 0 aliphatic rings. The second-order valence-electron chi connectivity index (χ2n) is 2.88. The van der Waals surface area contributed by atoms with Crippen molar-refractivity contribution >= 4 is 11.4 Å². The van der Waals surface area contributed by atoms with Gasteiger partial charge in [-0.25, -0.2) is 0 Å². The SMILES string of the molecule is CN=C(C)c1ccc(N)cc1C. The van der Waals surface area contributed by atoms with Gasteiger partial charge in [0.15, 0.2) is 0 Å². The second-order valence-corrected chi connectivity index (χ2v) is 2.88. The minimum Gasteiger partial charge on any atom is -0.399 e. The highest BCUT2D eigenvalue weighted by atomic mass is 14.7. The topological polar surface area (TPSA) is 38.4 Å². The molecule has 12 heavy (non-hydrogen) atoms. The van der Waals surface area contributed by atoms with Crippen LogP contribution in [-0.2, 0) is 0 Å². The summed E-state index contributed by atoms with van der Waals surface area (Å²) in [7, 11) is 1.80. The van der Waals surface area contributed by atoms with Gasteiger partial charge in [0.2, 0.25) is 0 Å². The van der Waals surface area contributed by atoms with E-state index in [9.17, 15) is 0 Å².